The van der Waals surface area contributed by atoms with Gasteiger partial charge in [0.15, 0.2) is 0 Å². The molecule has 0 atom stereocenters. The Kier molecular flexibility index (Phi) is 4.37. The standard InChI is InChI=1S/C16H14ClNO/c1-12-6-2-5-9-15(12)18-16(19)11-10-13-7-3-4-8-14(13)17/h2-11H,1H3,(H,18,19)/b11-10+. The summed E-state index contributed by atoms with van der Waals surface area (Å²) >= 11 is 6.01. The highest BCUT2D eigenvalue weighted by atomic mass is 35.5. The van der Waals surface area contributed by atoms with E-state index in [4.69, 9.17) is 11.6 Å². The summed E-state index contributed by atoms with van der Waals surface area (Å²) in [4.78, 5) is 11.8. The molecule has 0 aliphatic heterocycles. The molecular weight excluding hydrogens is 258 g/mol. The number of nitrogens with one attached hydrogen (secondary N) is 1. The average molecular weight is 272 g/mol. The van der Waals surface area contributed by atoms with Gasteiger partial charge in [0.2, 0.25) is 5.91 Å². The lowest BCUT2D eigenvalue weighted by Crippen LogP contribution is -2.08. The number of para-hydroxylation sites is 1. The van der Waals surface area contributed by atoms with Crippen LogP contribution in [0.5, 0.6) is 0 Å². The number of benzene rings is 2. The van der Waals surface area contributed by atoms with Gasteiger partial charge in [-0.15, -0.1) is 0 Å². The molecule has 96 valence electrons. The van der Waals surface area contributed by atoms with Crippen molar-refractivity contribution in [3.8, 4) is 0 Å². The monoisotopic (exact) mass is 271 g/mol. The van der Waals surface area contributed by atoms with Crippen molar-refractivity contribution in [3.05, 3.63) is 70.8 Å². The van der Waals surface area contributed by atoms with E-state index in [0.717, 1.165) is 16.8 Å². The van der Waals surface area contributed by atoms with E-state index in [1.807, 2.05) is 49.4 Å². The molecular formula is C16H14ClNO. The van der Waals surface area contributed by atoms with E-state index in [0.29, 0.717) is 5.02 Å². The summed E-state index contributed by atoms with van der Waals surface area (Å²) in [6, 6.07) is 15.0. The van der Waals surface area contributed by atoms with Crippen LogP contribution < -0.4 is 5.32 Å². The second-order valence-corrected chi connectivity index (χ2v) is 4.57. The molecule has 2 aromatic rings. The Morgan fingerprint density at radius 1 is 1.11 bits per heavy atom. The van der Waals surface area contributed by atoms with E-state index in [2.05, 4.69) is 5.32 Å². The highest BCUT2D eigenvalue weighted by Crippen LogP contribution is 2.17. The van der Waals surface area contributed by atoms with Crippen molar-refractivity contribution in [1.82, 2.24) is 0 Å². The molecule has 0 aliphatic rings. The van der Waals surface area contributed by atoms with Gasteiger partial charge in [-0.25, -0.2) is 0 Å². The Morgan fingerprint density at radius 2 is 1.79 bits per heavy atom. The molecule has 0 bridgehead atoms. The minimum Gasteiger partial charge on any atom is -0.322 e. The SMILES string of the molecule is Cc1ccccc1NC(=O)/C=C/c1ccccc1Cl. The van der Waals surface area contributed by atoms with Crippen molar-refractivity contribution < 1.29 is 4.79 Å². The third-order valence-corrected chi connectivity index (χ3v) is 3.07. The summed E-state index contributed by atoms with van der Waals surface area (Å²) < 4.78 is 0. The van der Waals surface area contributed by atoms with Gasteiger partial charge in [0.25, 0.3) is 0 Å². The molecule has 19 heavy (non-hydrogen) atoms. The molecule has 0 aliphatic carbocycles. The molecule has 0 radical (unpaired) electrons. The van der Waals surface area contributed by atoms with Crippen LogP contribution in [0.25, 0.3) is 6.08 Å². The number of aryl methyl sites for hydroxylation is 1. The largest absolute Gasteiger partial charge is 0.322 e. The predicted octanol–water partition coefficient (Wildman–Crippen LogP) is 4.30. The van der Waals surface area contributed by atoms with E-state index in [1.165, 1.54) is 6.08 Å². The van der Waals surface area contributed by atoms with Gasteiger partial charge in [-0.05, 0) is 36.3 Å². The predicted molar refractivity (Wildman–Crippen MR) is 80.3 cm³/mol. The maximum atomic E-state index is 11.8. The maximum Gasteiger partial charge on any atom is 0.248 e. The molecule has 0 spiro atoms. The average Bonchev–Trinajstić information content (AvgIpc) is 2.40. The molecule has 0 unspecified atom stereocenters. The lowest BCUT2D eigenvalue weighted by atomic mass is 10.2. The Morgan fingerprint density at radius 3 is 2.53 bits per heavy atom. The van der Waals surface area contributed by atoms with Crippen LogP contribution in [0.1, 0.15) is 11.1 Å². The lowest BCUT2D eigenvalue weighted by molar-refractivity contribution is -0.111. The number of amides is 1. The third kappa shape index (κ3) is 3.70. The van der Waals surface area contributed by atoms with E-state index < -0.39 is 0 Å². The summed E-state index contributed by atoms with van der Waals surface area (Å²) in [5, 5.41) is 3.46. The number of anilines is 1. The van der Waals surface area contributed by atoms with Crippen molar-refractivity contribution in [2.75, 3.05) is 5.32 Å². The van der Waals surface area contributed by atoms with Crippen LogP contribution in [0.15, 0.2) is 54.6 Å². The van der Waals surface area contributed by atoms with Crippen LogP contribution >= 0.6 is 11.6 Å². The fourth-order valence-corrected chi connectivity index (χ4v) is 1.86. The highest BCUT2D eigenvalue weighted by Gasteiger charge is 2.01. The summed E-state index contributed by atoms with van der Waals surface area (Å²) in [5.74, 6) is -0.172. The van der Waals surface area contributed by atoms with Crippen molar-refractivity contribution in [1.29, 1.82) is 0 Å². The third-order valence-electron chi connectivity index (χ3n) is 2.72. The van der Waals surface area contributed by atoms with Crippen molar-refractivity contribution in [2.24, 2.45) is 0 Å². The molecule has 3 heteroatoms. The van der Waals surface area contributed by atoms with Gasteiger partial charge in [0, 0.05) is 16.8 Å². The number of rotatable bonds is 3. The van der Waals surface area contributed by atoms with Gasteiger partial charge < -0.3 is 5.32 Å². The highest BCUT2D eigenvalue weighted by molar-refractivity contribution is 6.32. The molecule has 1 amide bonds. The first-order valence-corrected chi connectivity index (χ1v) is 6.34. The Labute approximate surface area is 117 Å². The van der Waals surface area contributed by atoms with Crippen LogP contribution in [-0.4, -0.2) is 5.91 Å². The summed E-state index contributed by atoms with van der Waals surface area (Å²) in [6.07, 6.45) is 3.18. The zero-order valence-corrected chi connectivity index (χ0v) is 11.3. The lowest BCUT2D eigenvalue weighted by Gasteiger charge is -2.05. The van der Waals surface area contributed by atoms with Crippen molar-refractivity contribution in [2.45, 2.75) is 6.92 Å². The Bertz CT molecular complexity index is 620. The Hall–Kier alpha value is -2.06. The first kappa shape index (κ1) is 13.4. The van der Waals surface area contributed by atoms with E-state index >= 15 is 0 Å². The van der Waals surface area contributed by atoms with Crippen LogP contribution in [0.3, 0.4) is 0 Å². The Balaban J connectivity index is 2.06. The number of halogens is 1. The van der Waals surface area contributed by atoms with Gasteiger partial charge in [-0.3, -0.25) is 4.79 Å². The molecule has 1 N–H and O–H groups in total. The van der Waals surface area contributed by atoms with E-state index in [9.17, 15) is 4.79 Å². The van der Waals surface area contributed by atoms with Gasteiger partial charge in [-0.2, -0.15) is 0 Å². The van der Waals surface area contributed by atoms with Gasteiger partial charge in [0.05, 0.1) is 0 Å². The smallest absolute Gasteiger partial charge is 0.248 e. The first-order chi connectivity index (χ1) is 9.16. The maximum absolute atomic E-state index is 11.8. The summed E-state index contributed by atoms with van der Waals surface area (Å²) in [7, 11) is 0. The minimum atomic E-state index is -0.172. The molecule has 2 nitrogen and oxygen atoms in total. The molecule has 2 rings (SSSR count). The number of carbonyl (C=O) groups excluding carboxylic acids is 1. The number of hydrogen-bond acceptors (Lipinski definition) is 1. The van der Waals surface area contributed by atoms with Gasteiger partial charge in [-0.1, -0.05) is 48.0 Å². The molecule has 0 saturated heterocycles. The van der Waals surface area contributed by atoms with Crippen molar-refractivity contribution >= 4 is 29.3 Å². The molecule has 0 heterocycles. The van der Waals surface area contributed by atoms with E-state index in [-0.39, 0.29) is 5.91 Å². The summed E-state index contributed by atoms with van der Waals surface area (Å²) in [6.45, 7) is 1.95. The second-order valence-electron chi connectivity index (χ2n) is 4.16. The van der Waals surface area contributed by atoms with E-state index in [1.54, 1.807) is 12.1 Å². The van der Waals surface area contributed by atoms with Crippen LogP contribution in [0.2, 0.25) is 5.02 Å². The van der Waals surface area contributed by atoms with Crippen LogP contribution in [0, 0.1) is 6.92 Å². The zero-order chi connectivity index (χ0) is 13.7. The molecule has 0 aromatic heterocycles. The normalized spacial score (nSPS) is 10.6. The fourth-order valence-electron chi connectivity index (χ4n) is 1.66. The quantitative estimate of drug-likeness (QED) is 0.829. The second kappa shape index (κ2) is 6.21. The topological polar surface area (TPSA) is 29.1 Å². The molecule has 2 aromatic carbocycles. The zero-order valence-electron chi connectivity index (χ0n) is 10.6. The van der Waals surface area contributed by atoms with Crippen LogP contribution in [0.4, 0.5) is 5.69 Å². The first-order valence-electron chi connectivity index (χ1n) is 5.96. The number of hydrogen-bond donors (Lipinski definition) is 1. The summed E-state index contributed by atoms with van der Waals surface area (Å²) in [5.41, 5.74) is 2.67. The fraction of sp³-hybridized carbons (Fsp3) is 0.0625. The van der Waals surface area contributed by atoms with Gasteiger partial charge >= 0.3 is 0 Å². The van der Waals surface area contributed by atoms with Gasteiger partial charge in [0.1, 0.15) is 0 Å². The van der Waals surface area contributed by atoms with Crippen molar-refractivity contribution in [3.63, 3.8) is 0 Å². The van der Waals surface area contributed by atoms with Crippen LogP contribution in [-0.2, 0) is 4.79 Å². The number of carbonyl (C=O) groups is 1. The molecule has 0 fully saturated rings. The molecule has 0 saturated carbocycles. The minimum absolute atomic E-state index is 0.172.